The van der Waals surface area contributed by atoms with Gasteiger partial charge in [-0.05, 0) is 35.7 Å². The lowest BCUT2D eigenvalue weighted by Gasteiger charge is -2.37. The van der Waals surface area contributed by atoms with Gasteiger partial charge in [0.25, 0.3) is 11.8 Å². The van der Waals surface area contributed by atoms with Gasteiger partial charge in [0.05, 0.1) is 11.3 Å². The molecule has 5 rings (SSSR count). The summed E-state index contributed by atoms with van der Waals surface area (Å²) in [5.74, 6) is -1.53. The van der Waals surface area contributed by atoms with Crippen molar-refractivity contribution in [2.75, 3.05) is 36.0 Å². The molecule has 1 aromatic heterocycles. The van der Waals surface area contributed by atoms with Crippen molar-refractivity contribution in [1.29, 1.82) is 0 Å². The van der Waals surface area contributed by atoms with E-state index in [1.165, 1.54) is 23.5 Å². The van der Waals surface area contributed by atoms with Crippen LogP contribution in [0.5, 0.6) is 0 Å². The monoisotopic (exact) mass is 433 g/mol. The average molecular weight is 434 g/mol. The lowest BCUT2D eigenvalue weighted by atomic mass is 10.1. The van der Waals surface area contributed by atoms with E-state index in [0.29, 0.717) is 24.4 Å². The second-order valence-corrected chi connectivity index (χ2v) is 8.36. The second-order valence-electron chi connectivity index (χ2n) is 7.41. The van der Waals surface area contributed by atoms with E-state index >= 15 is 0 Å². The molecule has 2 aliphatic heterocycles. The third kappa shape index (κ3) is 3.41. The molecule has 5 nitrogen and oxygen atoms in total. The standard InChI is InChI=1S/C24H20FN3O2S/c25-18-9-4-5-10-19(18)28-23(29)21(20-11-6-16-31-20)22(24(28)30)27-14-12-26(13-15-27)17-7-2-1-3-8-17/h1-11,16H,12-15H2. The number of para-hydroxylation sites is 2. The topological polar surface area (TPSA) is 43.9 Å². The summed E-state index contributed by atoms with van der Waals surface area (Å²) in [5, 5.41) is 1.87. The summed E-state index contributed by atoms with van der Waals surface area (Å²) in [7, 11) is 0. The molecule has 3 heterocycles. The molecule has 31 heavy (non-hydrogen) atoms. The smallest absolute Gasteiger partial charge is 0.282 e. The first-order valence-corrected chi connectivity index (χ1v) is 11.0. The Morgan fingerprint density at radius 3 is 2.10 bits per heavy atom. The molecule has 0 aliphatic carbocycles. The van der Waals surface area contributed by atoms with E-state index < -0.39 is 17.6 Å². The van der Waals surface area contributed by atoms with Crippen molar-refractivity contribution in [3.8, 4) is 0 Å². The molecule has 2 aliphatic rings. The van der Waals surface area contributed by atoms with Crippen LogP contribution in [-0.2, 0) is 9.59 Å². The van der Waals surface area contributed by atoms with E-state index in [1.807, 2.05) is 40.6 Å². The third-order valence-electron chi connectivity index (χ3n) is 5.64. The Bertz CT molecular complexity index is 1150. The van der Waals surface area contributed by atoms with Crippen LogP contribution < -0.4 is 9.80 Å². The number of carbonyl (C=O) groups excluding carboxylic acids is 2. The normalized spacial score (nSPS) is 17.1. The van der Waals surface area contributed by atoms with Gasteiger partial charge < -0.3 is 9.80 Å². The zero-order valence-corrected chi connectivity index (χ0v) is 17.5. The van der Waals surface area contributed by atoms with Crippen molar-refractivity contribution < 1.29 is 14.0 Å². The fourth-order valence-electron chi connectivity index (χ4n) is 4.13. The van der Waals surface area contributed by atoms with Crippen LogP contribution in [0.1, 0.15) is 4.88 Å². The predicted molar refractivity (Wildman–Crippen MR) is 120 cm³/mol. The highest BCUT2D eigenvalue weighted by Gasteiger charge is 2.44. The van der Waals surface area contributed by atoms with Gasteiger partial charge in [0.2, 0.25) is 0 Å². The number of thiophene rings is 1. The Hall–Kier alpha value is -3.45. The van der Waals surface area contributed by atoms with Crippen LogP contribution in [0.25, 0.3) is 5.57 Å². The zero-order chi connectivity index (χ0) is 21.4. The summed E-state index contributed by atoms with van der Waals surface area (Å²) in [6.45, 7) is 2.66. The average Bonchev–Trinajstić information content (AvgIpc) is 3.41. The minimum absolute atomic E-state index is 0.00974. The molecule has 1 saturated heterocycles. The van der Waals surface area contributed by atoms with E-state index in [1.54, 1.807) is 12.1 Å². The molecule has 3 aromatic rings. The fraction of sp³-hybridized carbons (Fsp3) is 0.167. The first-order chi connectivity index (χ1) is 15.1. The summed E-state index contributed by atoms with van der Waals surface area (Å²) in [6, 6.07) is 19.7. The summed E-state index contributed by atoms with van der Waals surface area (Å²) >= 11 is 1.40. The number of nitrogens with zero attached hydrogens (tertiary/aromatic N) is 3. The first-order valence-electron chi connectivity index (χ1n) is 10.1. The molecule has 2 amide bonds. The minimum Gasteiger partial charge on any atom is -0.368 e. The molecule has 0 spiro atoms. The van der Waals surface area contributed by atoms with Crippen LogP contribution in [0.15, 0.2) is 77.8 Å². The van der Waals surface area contributed by atoms with Gasteiger partial charge >= 0.3 is 0 Å². The number of piperazine rings is 1. The molecular weight excluding hydrogens is 413 g/mol. The van der Waals surface area contributed by atoms with E-state index in [4.69, 9.17) is 0 Å². The summed E-state index contributed by atoms with van der Waals surface area (Å²) < 4.78 is 14.5. The van der Waals surface area contributed by atoms with Gasteiger partial charge in [0.15, 0.2) is 0 Å². The third-order valence-corrected chi connectivity index (χ3v) is 6.52. The number of hydrogen-bond donors (Lipinski definition) is 0. The van der Waals surface area contributed by atoms with Crippen LogP contribution in [0.3, 0.4) is 0 Å². The van der Waals surface area contributed by atoms with Crippen molar-refractivity contribution in [2.24, 2.45) is 0 Å². The van der Waals surface area contributed by atoms with Gasteiger partial charge in [-0.3, -0.25) is 9.59 Å². The van der Waals surface area contributed by atoms with Crippen LogP contribution in [0.4, 0.5) is 15.8 Å². The first kappa shape index (κ1) is 19.5. The largest absolute Gasteiger partial charge is 0.368 e. The summed E-state index contributed by atoms with van der Waals surface area (Å²) in [5.41, 5.74) is 1.85. The van der Waals surface area contributed by atoms with E-state index in [2.05, 4.69) is 17.0 Å². The lowest BCUT2D eigenvalue weighted by Crippen LogP contribution is -2.47. The number of benzene rings is 2. The van der Waals surface area contributed by atoms with Crippen LogP contribution in [-0.4, -0.2) is 42.9 Å². The SMILES string of the molecule is O=C1C(c2cccs2)=C(N2CCN(c3ccccc3)CC2)C(=O)N1c1ccccc1F. The molecule has 0 unspecified atom stereocenters. The van der Waals surface area contributed by atoms with E-state index in [-0.39, 0.29) is 5.69 Å². The van der Waals surface area contributed by atoms with Crippen molar-refractivity contribution in [3.05, 3.63) is 88.5 Å². The van der Waals surface area contributed by atoms with E-state index in [0.717, 1.165) is 28.6 Å². The lowest BCUT2D eigenvalue weighted by molar-refractivity contribution is -0.120. The van der Waals surface area contributed by atoms with E-state index in [9.17, 15) is 14.0 Å². The van der Waals surface area contributed by atoms with Crippen LogP contribution in [0.2, 0.25) is 0 Å². The number of halogens is 1. The highest BCUT2D eigenvalue weighted by atomic mass is 32.1. The number of carbonyl (C=O) groups is 2. The molecule has 7 heteroatoms. The van der Waals surface area contributed by atoms with Gasteiger partial charge in [-0.2, -0.15) is 0 Å². The Morgan fingerprint density at radius 2 is 1.42 bits per heavy atom. The Kier molecular flexibility index (Phi) is 5.03. The van der Waals surface area contributed by atoms with Crippen molar-refractivity contribution >= 4 is 40.1 Å². The van der Waals surface area contributed by atoms with Crippen molar-refractivity contribution in [1.82, 2.24) is 4.90 Å². The Morgan fingerprint density at radius 1 is 0.742 bits per heavy atom. The summed E-state index contributed by atoms with van der Waals surface area (Å²) in [4.78, 5) is 32.7. The maximum atomic E-state index is 14.5. The van der Waals surface area contributed by atoms with Gasteiger partial charge in [-0.25, -0.2) is 9.29 Å². The maximum Gasteiger partial charge on any atom is 0.282 e. The van der Waals surface area contributed by atoms with Gasteiger partial charge in [-0.1, -0.05) is 36.4 Å². The highest BCUT2D eigenvalue weighted by molar-refractivity contribution is 7.11. The zero-order valence-electron chi connectivity index (χ0n) is 16.7. The molecule has 2 aromatic carbocycles. The van der Waals surface area contributed by atoms with Crippen LogP contribution >= 0.6 is 11.3 Å². The predicted octanol–water partition coefficient (Wildman–Crippen LogP) is 3.99. The molecule has 0 radical (unpaired) electrons. The molecule has 1 fully saturated rings. The molecule has 156 valence electrons. The maximum absolute atomic E-state index is 14.5. The molecule has 0 atom stereocenters. The molecular formula is C24H20FN3O2S. The molecule has 0 saturated carbocycles. The van der Waals surface area contributed by atoms with Gasteiger partial charge in [0.1, 0.15) is 11.5 Å². The van der Waals surface area contributed by atoms with Gasteiger partial charge in [0, 0.05) is 36.7 Å². The van der Waals surface area contributed by atoms with Crippen molar-refractivity contribution in [3.63, 3.8) is 0 Å². The minimum atomic E-state index is -0.593. The number of hydrogen-bond acceptors (Lipinski definition) is 5. The Balaban J connectivity index is 1.49. The molecule has 0 bridgehead atoms. The molecule has 0 N–H and O–H groups in total. The second kappa shape index (κ2) is 8.00. The number of anilines is 2. The van der Waals surface area contributed by atoms with Gasteiger partial charge in [-0.15, -0.1) is 11.3 Å². The quantitative estimate of drug-likeness (QED) is 0.584. The Labute approximate surface area is 183 Å². The van der Waals surface area contributed by atoms with Crippen LogP contribution in [0, 0.1) is 5.82 Å². The number of amides is 2. The van der Waals surface area contributed by atoms with Crippen molar-refractivity contribution in [2.45, 2.75) is 0 Å². The highest BCUT2D eigenvalue weighted by Crippen LogP contribution is 2.37. The number of rotatable bonds is 4. The number of imide groups is 1. The fourth-order valence-corrected chi connectivity index (χ4v) is 4.90. The summed E-state index contributed by atoms with van der Waals surface area (Å²) in [6.07, 6.45) is 0.